The zero-order valence-corrected chi connectivity index (χ0v) is 8.96. The zero-order valence-electron chi connectivity index (χ0n) is 8.96. The van der Waals surface area contributed by atoms with E-state index < -0.39 is 0 Å². The normalized spacial score (nSPS) is 11.7. The standard InChI is InChI=1S/C10H16N2O3/c1-12(8-3-4-9-13)10(14)6-5-7-11-15-2/h3,5-8,13H,4,9H2,1-2H3/b6-5+,8-3+,11-7+. The quantitative estimate of drug-likeness (QED) is 0.397. The third-order valence-corrected chi connectivity index (χ3v) is 1.46. The number of oxime groups is 1. The fourth-order valence-electron chi connectivity index (χ4n) is 0.720. The average Bonchev–Trinajstić information content (AvgIpc) is 2.24. The second-order valence-electron chi connectivity index (χ2n) is 2.64. The van der Waals surface area contributed by atoms with Gasteiger partial charge in [0.15, 0.2) is 0 Å². The minimum absolute atomic E-state index is 0.0782. The molecular formula is C10H16N2O3. The van der Waals surface area contributed by atoms with E-state index in [1.54, 1.807) is 19.3 Å². The molecule has 15 heavy (non-hydrogen) atoms. The van der Waals surface area contributed by atoms with Crippen molar-refractivity contribution in [3.63, 3.8) is 0 Å². The van der Waals surface area contributed by atoms with Gasteiger partial charge in [-0.15, -0.1) is 0 Å². The van der Waals surface area contributed by atoms with Crippen LogP contribution in [0.15, 0.2) is 29.6 Å². The van der Waals surface area contributed by atoms with Crippen molar-refractivity contribution in [1.29, 1.82) is 0 Å². The predicted molar refractivity (Wildman–Crippen MR) is 58.3 cm³/mol. The molecule has 0 saturated carbocycles. The Labute approximate surface area is 89.3 Å². The van der Waals surface area contributed by atoms with E-state index in [1.807, 2.05) is 0 Å². The van der Waals surface area contributed by atoms with E-state index in [0.29, 0.717) is 6.42 Å². The summed E-state index contributed by atoms with van der Waals surface area (Å²) in [5.74, 6) is -0.174. The number of likely N-dealkylation sites (N-methyl/N-ethyl adjacent to an activating group) is 1. The summed E-state index contributed by atoms with van der Waals surface area (Å²) in [4.78, 5) is 17.1. The van der Waals surface area contributed by atoms with Gasteiger partial charge in [-0.1, -0.05) is 11.2 Å². The average molecular weight is 212 g/mol. The Morgan fingerprint density at radius 3 is 2.93 bits per heavy atom. The van der Waals surface area contributed by atoms with Crippen molar-refractivity contribution in [2.45, 2.75) is 6.42 Å². The van der Waals surface area contributed by atoms with Crippen LogP contribution in [-0.2, 0) is 9.63 Å². The molecule has 0 bridgehead atoms. The van der Waals surface area contributed by atoms with E-state index in [4.69, 9.17) is 5.11 Å². The van der Waals surface area contributed by atoms with Crippen LogP contribution in [0.25, 0.3) is 0 Å². The summed E-state index contributed by atoms with van der Waals surface area (Å²) in [6.45, 7) is 0.0782. The van der Waals surface area contributed by atoms with Gasteiger partial charge in [-0.05, 0) is 12.5 Å². The van der Waals surface area contributed by atoms with Crippen molar-refractivity contribution >= 4 is 12.1 Å². The summed E-state index contributed by atoms with van der Waals surface area (Å²) < 4.78 is 0. The Kier molecular flexibility index (Phi) is 7.99. The van der Waals surface area contributed by atoms with Crippen LogP contribution in [0.3, 0.4) is 0 Å². The molecule has 0 heterocycles. The minimum Gasteiger partial charge on any atom is -0.399 e. The van der Waals surface area contributed by atoms with Gasteiger partial charge in [0.1, 0.15) is 7.11 Å². The summed E-state index contributed by atoms with van der Waals surface area (Å²) in [5, 5.41) is 12.0. The van der Waals surface area contributed by atoms with Crippen LogP contribution in [0, 0.1) is 0 Å². The van der Waals surface area contributed by atoms with E-state index >= 15 is 0 Å². The second kappa shape index (κ2) is 8.96. The highest BCUT2D eigenvalue weighted by Gasteiger charge is 1.98. The van der Waals surface area contributed by atoms with Gasteiger partial charge in [-0.3, -0.25) is 4.79 Å². The Hall–Kier alpha value is -1.62. The van der Waals surface area contributed by atoms with Gasteiger partial charge in [0, 0.05) is 25.9 Å². The molecule has 0 atom stereocenters. The molecular weight excluding hydrogens is 196 g/mol. The maximum atomic E-state index is 11.3. The first-order chi connectivity index (χ1) is 7.22. The molecule has 0 aromatic heterocycles. The molecule has 0 aliphatic heterocycles. The number of hydrogen-bond acceptors (Lipinski definition) is 4. The van der Waals surface area contributed by atoms with Crippen LogP contribution >= 0.6 is 0 Å². The van der Waals surface area contributed by atoms with Crippen LogP contribution in [0.1, 0.15) is 6.42 Å². The van der Waals surface area contributed by atoms with Crippen molar-refractivity contribution in [1.82, 2.24) is 4.90 Å². The summed E-state index contributed by atoms with van der Waals surface area (Å²) in [5.41, 5.74) is 0. The number of nitrogens with zero attached hydrogens (tertiary/aromatic N) is 2. The van der Waals surface area contributed by atoms with Crippen LogP contribution in [0.5, 0.6) is 0 Å². The van der Waals surface area contributed by atoms with Crippen LogP contribution in [-0.4, -0.2) is 42.9 Å². The lowest BCUT2D eigenvalue weighted by atomic mass is 10.4. The van der Waals surface area contributed by atoms with E-state index in [0.717, 1.165) is 0 Å². The highest BCUT2D eigenvalue weighted by Crippen LogP contribution is 1.90. The van der Waals surface area contributed by atoms with E-state index in [1.165, 1.54) is 30.4 Å². The second-order valence-corrected chi connectivity index (χ2v) is 2.64. The number of carbonyl (C=O) groups is 1. The third-order valence-electron chi connectivity index (χ3n) is 1.46. The zero-order chi connectivity index (χ0) is 11.5. The molecule has 84 valence electrons. The third kappa shape index (κ3) is 7.45. The molecule has 0 unspecified atom stereocenters. The lowest BCUT2D eigenvalue weighted by molar-refractivity contribution is -0.122. The van der Waals surface area contributed by atoms with Gasteiger partial charge >= 0.3 is 0 Å². The SMILES string of the molecule is CO/N=C/C=C/C(=O)N(C)/C=C/CCO. The fourth-order valence-corrected chi connectivity index (χ4v) is 0.720. The lowest BCUT2D eigenvalue weighted by Crippen LogP contribution is -2.18. The molecule has 0 fully saturated rings. The van der Waals surface area contributed by atoms with Gasteiger partial charge in [-0.25, -0.2) is 0 Å². The molecule has 5 heteroatoms. The van der Waals surface area contributed by atoms with Gasteiger partial charge in [0.25, 0.3) is 0 Å². The van der Waals surface area contributed by atoms with Gasteiger partial charge < -0.3 is 14.8 Å². The van der Waals surface area contributed by atoms with E-state index in [9.17, 15) is 4.79 Å². The number of aliphatic hydroxyl groups is 1. The first-order valence-electron chi connectivity index (χ1n) is 4.50. The van der Waals surface area contributed by atoms with Gasteiger partial charge in [0.2, 0.25) is 5.91 Å². The summed E-state index contributed by atoms with van der Waals surface area (Å²) >= 11 is 0. The number of carbonyl (C=O) groups excluding carboxylic acids is 1. The smallest absolute Gasteiger partial charge is 0.250 e. The Bertz CT molecular complexity index is 259. The Morgan fingerprint density at radius 2 is 2.33 bits per heavy atom. The number of rotatable bonds is 6. The summed E-state index contributed by atoms with van der Waals surface area (Å²) in [6, 6.07) is 0. The van der Waals surface area contributed by atoms with E-state index in [-0.39, 0.29) is 12.5 Å². The molecule has 1 N–H and O–H groups in total. The lowest BCUT2D eigenvalue weighted by Gasteiger charge is -2.07. The first kappa shape index (κ1) is 13.4. The minimum atomic E-state index is -0.174. The number of aliphatic hydroxyl groups excluding tert-OH is 1. The molecule has 0 aliphatic carbocycles. The number of hydrogen-bond donors (Lipinski definition) is 1. The molecule has 0 aliphatic rings. The highest BCUT2D eigenvalue weighted by atomic mass is 16.6. The highest BCUT2D eigenvalue weighted by molar-refractivity contribution is 5.92. The Balaban J connectivity index is 3.98. The first-order valence-corrected chi connectivity index (χ1v) is 4.50. The molecule has 1 amide bonds. The van der Waals surface area contributed by atoms with Crippen molar-refractivity contribution in [2.75, 3.05) is 20.8 Å². The van der Waals surface area contributed by atoms with Crippen molar-refractivity contribution in [3.8, 4) is 0 Å². The molecule has 0 rings (SSSR count). The van der Waals surface area contributed by atoms with Crippen LogP contribution in [0.2, 0.25) is 0 Å². The summed E-state index contributed by atoms with van der Waals surface area (Å²) in [6.07, 6.45) is 8.09. The molecule has 0 saturated heterocycles. The van der Waals surface area contributed by atoms with Gasteiger partial charge in [0.05, 0.1) is 6.21 Å². The maximum Gasteiger partial charge on any atom is 0.250 e. The number of amides is 1. The topological polar surface area (TPSA) is 62.1 Å². The van der Waals surface area contributed by atoms with Crippen LogP contribution < -0.4 is 0 Å². The molecule has 0 aromatic rings. The molecule has 0 aromatic carbocycles. The molecule has 5 nitrogen and oxygen atoms in total. The van der Waals surface area contributed by atoms with Gasteiger partial charge in [-0.2, -0.15) is 0 Å². The summed E-state index contributed by atoms with van der Waals surface area (Å²) in [7, 11) is 3.06. The predicted octanol–water partition coefficient (Wildman–Crippen LogP) is 0.529. The van der Waals surface area contributed by atoms with Crippen LogP contribution in [0.4, 0.5) is 0 Å². The maximum absolute atomic E-state index is 11.3. The van der Waals surface area contributed by atoms with Crippen molar-refractivity contribution in [2.24, 2.45) is 5.16 Å². The largest absolute Gasteiger partial charge is 0.399 e. The fraction of sp³-hybridized carbons (Fsp3) is 0.400. The van der Waals surface area contributed by atoms with E-state index in [2.05, 4.69) is 9.99 Å². The Morgan fingerprint density at radius 1 is 1.60 bits per heavy atom. The number of allylic oxidation sites excluding steroid dienone is 1. The van der Waals surface area contributed by atoms with Crippen molar-refractivity contribution in [3.05, 3.63) is 24.4 Å². The molecule has 0 radical (unpaired) electrons. The monoisotopic (exact) mass is 212 g/mol. The van der Waals surface area contributed by atoms with Crippen molar-refractivity contribution < 1.29 is 14.7 Å². The molecule has 0 spiro atoms.